The first-order valence-electron chi connectivity index (χ1n) is 9.94. The summed E-state index contributed by atoms with van der Waals surface area (Å²) in [7, 11) is 5.64. The number of methoxy groups -OCH3 is 1. The van der Waals surface area contributed by atoms with Gasteiger partial charge in [-0.15, -0.1) is 10.2 Å². The topological polar surface area (TPSA) is 82.1 Å². The largest absolute Gasteiger partial charge is 0.496 e. The Morgan fingerprint density at radius 1 is 1.12 bits per heavy atom. The van der Waals surface area contributed by atoms with Crippen molar-refractivity contribution in [3.8, 4) is 22.8 Å². The number of ether oxygens (including phenoxy) is 1. The quantitative estimate of drug-likeness (QED) is 0.336. The van der Waals surface area contributed by atoms with Gasteiger partial charge in [-0.2, -0.15) is 4.98 Å². The Balaban J connectivity index is 1.60. The van der Waals surface area contributed by atoms with Crippen molar-refractivity contribution in [2.45, 2.75) is 23.9 Å². The Hall–Kier alpha value is -2.88. The minimum absolute atomic E-state index is 0.0630. The molecular formula is C22H23ClN6O2S. The SMILES string of the molecule is COc1ccccc1-c1noc(CSc2nnc([C@@H](C)N(C)C)n2-c2ccc(Cl)cc2)n1. The van der Waals surface area contributed by atoms with Crippen molar-refractivity contribution in [1.82, 2.24) is 29.8 Å². The van der Waals surface area contributed by atoms with Gasteiger partial charge in [-0.25, -0.2) is 0 Å². The number of nitrogens with zero attached hydrogens (tertiary/aromatic N) is 6. The predicted octanol–water partition coefficient (Wildman–Crippen LogP) is 4.89. The van der Waals surface area contributed by atoms with E-state index in [-0.39, 0.29) is 6.04 Å². The predicted molar refractivity (Wildman–Crippen MR) is 124 cm³/mol. The molecule has 0 aliphatic rings. The lowest BCUT2D eigenvalue weighted by Gasteiger charge is -2.20. The molecule has 2 heterocycles. The Bertz CT molecular complexity index is 1190. The van der Waals surface area contributed by atoms with Gasteiger partial charge in [0.2, 0.25) is 11.7 Å². The van der Waals surface area contributed by atoms with Crippen LogP contribution in [0.3, 0.4) is 0 Å². The molecule has 1 atom stereocenters. The number of benzene rings is 2. The maximum atomic E-state index is 6.09. The van der Waals surface area contributed by atoms with E-state index in [0.717, 1.165) is 22.2 Å². The van der Waals surface area contributed by atoms with Crippen LogP contribution < -0.4 is 4.74 Å². The normalized spacial score (nSPS) is 12.3. The number of para-hydroxylation sites is 1. The monoisotopic (exact) mass is 470 g/mol. The van der Waals surface area contributed by atoms with E-state index in [1.165, 1.54) is 11.8 Å². The van der Waals surface area contributed by atoms with Gasteiger partial charge in [0.05, 0.1) is 24.5 Å². The first-order valence-corrected chi connectivity index (χ1v) is 11.3. The van der Waals surface area contributed by atoms with Crippen molar-refractivity contribution in [3.05, 3.63) is 65.3 Å². The van der Waals surface area contributed by atoms with E-state index < -0.39 is 0 Å². The highest BCUT2D eigenvalue weighted by Gasteiger charge is 2.22. The van der Waals surface area contributed by atoms with Crippen LogP contribution in [0, 0.1) is 0 Å². The van der Waals surface area contributed by atoms with Crippen LogP contribution in [0.2, 0.25) is 5.02 Å². The smallest absolute Gasteiger partial charge is 0.237 e. The number of aromatic nitrogens is 5. The van der Waals surface area contributed by atoms with Crippen LogP contribution in [-0.2, 0) is 5.75 Å². The summed E-state index contributed by atoms with van der Waals surface area (Å²) in [5, 5.41) is 14.4. The second kappa shape index (κ2) is 9.72. The standard InChI is InChI=1S/C22H23ClN6O2S/c1-14(28(2)3)21-25-26-22(29(21)16-11-9-15(23)10-12-16)32-13-19-24-20(27-31-19)17-7-5-6-8-18(17)30-4/h5-12,14H,13H2,1-4H3/t14-/m1/s1. The lowest BCUT2D eigenvalue weighted by Crippen LogP contribution is -2.20. The van der Waals surface area contributed by atoms with E-state index in [2.05, 4.69) is 32.2 Å². The molecule has 32 heavy (non-hydrogen) atoms. The van der Waals surface area contributed by atoms with Gasteiger partial charge in [0.15, 0.2) is 11.0 Å². The maximum absolute atomic E-state index is 6.09. The molecule has 4 aromatic rings. The number of hydrogen-bond donors (Lipinski definition) is 0. The maximum Gasteiger partial charge on any atom is 0.237 e. The Morgan fingerprint density at radius 3 is 2.59 bits per heavy atom. The number of hydrogen-bond acceptors (Lipinski definition) is 8. The van der Waals surface area contributed by atoms with Gasteiger partial charge in [0.1, 0.15) is 5.75 Å². The summed E-state index contributed by atoms with van der Waals surface area (Å²) in [6, 6.07) is 15.2. The lowest BCUT2D eigenvalue weighted by atomic mass is 10.2. The zero-order chi connectivity index (χ0) is 22.7. The van der Waals surface area contributed by atoms with Crippen LogP contribution in [0.5, 0.6) is 5.75 Å². The molecule has 0 aliphatic carbocycles. The van der Waals surface area contributed by atoms with Crippen LogP contribution in [0.1, 0.15) is 24.7 Å². The summed E-state index contributed by atoms with van der Waals surface area (Å²) in [4.78, 5) is 6.61. The average Bonchev–Trinajstić information content (AvgIpc) is 3.45. The van der Waals surface area contributed by atoms with Gasteiger partial charge >= 0.3 is 0 Å². The lowest BCUT2D eigenvalue weighted by molar-refractivity contribution is 0.305. The Labute approximate surface area is 195 Å². The molecule has 2 aromatic carbocycles. The third kappa shape index (κ3) is 4.64. The molecule has 0 radical (unpaired) electrons. The van der Waals surface area contributed by atoms with E-state index in [1.54, 1.807) is 7.11 Å². The fraction of sp³-hybridized carbons (Fsp3) is 0.273. The van der Waals surface area contributed by atoms with E-state index >= 15 is 0 Å². The molecule has 2 aromatic heterocycles. The summed E-state index contributed by atoms with van der Waals surface area (Å²) in [5.74, 6) is 2.95. The zero-order valence-corrected chi connectivity index (χ0v) is 19.8. The summed E-state index contributed by atoms with van der Waals surface area (Å²) < 4.78 is 12.9. The first-order chi connectivity index (χ1) is 15.5. The van der Waals surface area contributed by atoms with Gasteiger partial charge < -0.3 is 9.26 Å². The summed E-state index contributed by atoms with van der Waals surface area (Å²) in [6.07, 6.45) is 0. The highest BCUT2D eigenvalue weighted by Crippen LogP contribution is 2.31. The zero-order valence-electron chi connectivity index (χ0n) is 18.2. The van der Waals surface area contributed by atoms with Gasteiger partial charge in [-0.05, 0) is 57.4 Å². The first kappa shape index (κ1) is 22.3. The number of thioether (sulfide) groups is 1. The fourth-order valence-electron chi connectivity index (χ4n) is 3.09. The third-order valence-electron chi connectivity index (χ3n) is 5.03. The van der Waals surface area contributed by atoms with Crippen molar-refractivity contribution in [2.24, 2.45) is 0 Å². The molecule has 0 N–H and O–H groups in total. The molecule has 0 aliphatic heterocycles. The van der Waals surface area contributed by atoms with Crippen LogP contribution in [0.25, 0.3) is 17.1 Å². The fourth-order valence-corrected chi connectivity index (χ4v) is 4.01. The van der Waals surface area contributed by atoms with E-state index in [1.807, 2.05) is 67.2 Å². The molecule has 10 heteroatoms. The average molecular weight is 471 g/mol. The molecule has 0 saturated heterocycles. The minimum Gasteiger partial charge on any atom is -0.496 e. The van der Waals surface area contributed by atoms with E-state index in [9.17, 15) is 0 Å². The van der Waals surface area contributed by atoms with Crippen LogP contribution in [0.4, 0.5) is 0 Å². The van der Waals surface area contributed by atoms with Crippen LogP contribution in [0.15, 0.2) is 58.2 Å². The molecule has 0 unspecified atom stereocenters. The molecule has 8 nitrogen and oxygen atoms in total. The summed E-state index contributed by atoms with van der Waals surface area (Å²) in [5.41, 5.74) is 1.72. The summed E-state index contributed by atoms with van der Waals surface area (Å²) >= 11 is 7.57. The second-order valence-electron chi connectivity index (χ2n) is 7.29. The molecule has 0 bridgehead atoms. The van der Waals surface area contributed by atoms with Crippen molar-refractivity contribution >= 4 is 23.4 Å². The molecule has 0 fully saturated rings. The Morgan fingerprint density at radius 2 is 1.88 bits per heavy atom. The minimum atomic E-state index is 0.0630. The highest BCUT2D eigenvalue weighted by atomic mass is 35.5. The van der Waals surface area contributed by atoms with Crippen molar-refractivity contribution in [2.75, 3.05) is 21.2 Å². The van der Waals surface area contributed by atoms with Gasteiger partial charge in [-0.1, -0.05) is 40.7 Å². The molecule has 0 saturated carbocycles. The number of halogens is 1. The van der Waals surface area contributed by atoms with Crippen molar-refractivity contribution < 1.29 is 9.26 Å². The second-order valence-corrected chi connectivity index (χ2v) is 8.67. The van der Waals surface area contributed by atoms with Gasteiger partial charge in [0.25, 0.3) is 0 Å². The van der Waals surface area contributed by atoms with Crippen molar-refractivity contribution in [1.29, 1.82) is 0 Å². The van der Waals surface area contributed by atoms with Gasteiger partial charge in [-0.3, -0.25) is 9.47 Å². The number of rotatable bonds is 8. The molecular weight excluding hydrogens is 448 g/mol. The van der Waals surface area contributed by atoms with Gasteiger partial charge in [0, 0.05) is 10.7 Å². The van der Waals surface area contributed by atoms with Crippen LogP contribution >= 0.6 is 23.4 Å². The highest BCUT2D eigenvalue weighted by molar-refractivity contribution is 7.98. The van der Waals surface area contributed by atoms with Crippen molar-refractivity contribution in [3.63, 3.8) is 0 Å². The van der Waals surface area contributed by atoms with Crippen LogP contribution in [-0.4, -0.2) is 51.0 Å². The molecule has 166 valence electrons. The molecule has 0 amide bonds. The van der Waals surface area contributed by atoms with E-state index in [4.69, 9.17) is 20.9 Å². The third-order valence-corrected chi connectivity index (χ3v) is 6.20. The molecule has 4 rings (SSSR count). The Kier molecular flexibility index (Phi) is 6.78. The molecule has 0 spiro atoms. The summed E-state index contributed by atoms with van der Waals surface area (Å²) in [6.45, 7) is 2.09. The van der Waals surface area contributed by atoms with E-state index in [0.29, 0.717) is 28.2 Å².